The number of nitriles is 1. The molecule has 3 nitrogen and oxygen atoms in total. The molecule has 4 rings (SSSR count). The predicted molar refractivity (Wildman–Crippen MR) is 126 cm³/mol. The largest absolute Gasteiger partial charge is 0.416 e. The van der Waals surface area contributed by atoms with Gasteiger partial charge in [-0.15, -0.1) is 0 Å². The maximum Gasteiger partial charge on any atom is 0.416 e. The van der Waals surface area contributed by atoms with E-state index in [1.807, 2.05) is 24.3 Å². The van der Waals surface area contributed by atoms with E-state index in [2.05, 4.69) is 17.4 Å². The fourth-order valence-electron chi connectivity index (χ4n) is 4.47. The van der Waals surface area contributed by atoms with Crippen molar-refractivity contribution in [3.8, 4) is 17.2 Å². The molecule has 1 fully saturated rings. The van der Waals surface area contributed by atoms with Gasteiger partial charge in [0.25, 0.3) is 0 Å². The lowest BCUT2D eigenvalue weighted by Crippen LogP contribution is -2.43. The quantitative estimate of drug-likeness (QED) is 0.421. The fraction of sp³-hybridized carbons (Fsp3) is 0.296. The van der Waals surface area contributed by atoms with Crippen molar-refractivity contribution in [2.45, 2.75) is 31.0 Å². The molecule has 0 bridgehead atoms. The third kappa shape index (κ3) is 5.44. The fourth-order valence-corrected chi connectivity index (χ4v) is 4.69. The highest BCUT2D eigenvalue weighted by Crippen LogP contribution is 2.36. The molecular formula is C27H24ClF3N2O. The monoisotopic (exact) mass is 484 g/mol. The van der Waals surface area contributed by atoms with Crippen LogP contribution in [0.3, 0.4) is 0 Å². The molecule has 0 aromatic heterocycles. The minimum Gasteiger partial charge on any atom is -0.376 e. The van der Waals surface area contributed by atoms with Gasteiger partial charge in [0.05, 0.1) is 29.4 Å². The number of halogens is 4. The molecule has 3 aromatic carbocycles. The highest BCUT2D eigenvalue weighted by molar-refractivity contribution is 6.32. The Kier molecular flexibility index (Phi) is 7.27. The number of nitrogens with one attached hydrogen (secondary N) is 1. The van der Waals surface area contributed by atoms with Crippen molar-refractivity contribution in [3.05, 3.63) is 94.0 Å². The summed E-state index contributed by atoms with van der Waals surface area (Å²) in [7, 11) is 0. The molecule has 0 amide bonds. The van der Waals surface area contributed by atoms with Crippen molar-refractivity contribution in [3.63, 3.8) is 0 Å². The zero-order chi connectivity index (χ0) is 24.2. The lowest BCUT2D eigenvalue weighted by molar-refractivity contribution is -0.137. The summed E-state index contributed by atoms with van der Waals surface area (Å²) < 4.78 is 47.0. The van der Waals surface area contributed by atoms with Crippen molar-refractivity contribution >= 4 is 11.6 Å². The summed E-state index contributed by atoms with van der Waals surface area (Å²) >= 11 is 6.12. The zero-order valence-electron chi connectivity index (χ0n) is 18.5. The molecule has 34 heavy (non-hydrogen) atoms. The SMILES string of the molecule is N#Cc1ccc(-c2cc(COCC3(c4ccccc4)CCNCC3)cc(C(F)(F)F)c2)cc1Cl. The molecule has 1 N–H and O–H groups in total. The highest BCUT2D eigenvalue weighted by atomic mass is 35.5. The first kappa shape index (κ1) is 24.3. The minimum atomic E-state index is -4.50. The van der Waals surface area contributed by atoms with Crippen molar-refractivity contribution in [1.82, 2.24) is 5.32 Å². The summed E-state index contributed by atoms with van der Waals surface area (Å²) in [4.78, 5) is 0. The second-order valence-corrected chi connectivity index (χ2v) is 9.02. The van der Waals surface area contributed by atoms with E-state index >= 15 is 0 Å². The van der Waals surface area contributed by atoms with Crippen molar-refractivity contribution in [2.75, 3.05) is 19.7 Å². The van der Waals surface area contributed by atoms with Crippen LogP contribution in [0.2, 0.25) is 5.02 Å². The number of rotatable bonds is 6. The van der Waals surface area contributed by atoms with Gasteiger partial charge in [-0.05, 0) is 78.5 Å². The Balaban J connectivity index is 1.59. The second kappa shape index (κ2) is 10.2. The van der Waals surface area contributed by atoms with E-state index in [1.165, 1.54) is 17.7 Å². The van der Waals surface area contributed by atoms with Crippen LogP contribution in [0.25, 0.3) is 11.1 Å². The van der Waals surface area contributed by atoms with Crippen LogP contribution in [-0.4, -0.2) is 19.7 Å². The number of nitrogens with zero attached hydrogens (tertiary/aromatic N) is 1. The molecule has 0 unspecified atom stereocenters. The first-order chi connectivity index (χ1) is 16.3. The molecule has 1 heterocycles. The molecule has 0 radical (unpaired) electrons. The number of alkyl halides is 3. The Morgan fingerprint density at radius 1 is 0.971 bits per heavy atom. The van der Waals surface area contributed by atoms with Crippen LogP contribution in [0.15, 0.2) is 66.7 Å². The van der Waals surface area contributed by atoms with Crippen molar-refractivity contribution in [1.29, 1.82) is 5.26 Å². The molecule has 7 heteroatoms. The molecule has 0 atom stereocenters. The van der Waals surface area contributed by atoms with E-state index < -0.39 is 11.7 Å². The number of hydrogen-bond acceptors (Lipinski definition) is 3. The van der Waals surface area contributed by atoms with Gasteiger partial charge in [-0.3, -0.25) is 0 Å². The van der Waals surface area contributed by atoms with Gasteiger partial charge >= 0.3 is 6.18 Å². The van der Waals surface area contributed by atoms with Gasteiger partial charge in [-0.25, -0.2) is 0 Å². The number of piperidine rings is 1. The van der Waals surface area contributed by atoms with Crippen LogP contribution in [-0.2, 0) is 22.9 Å². The minimum absolute atomic E-state index is 0.0585. The summed E-state index contributed by atoms with van der Waals surface area (Å²) in [6.45, 7) is 2.22. The Morgan fingerprint density at radius 2 is 1.71 bits per heavy atom. The third-order valence-corrected chi connectivity index (χ3v) is 6.65. The maximum absolute atomic E-state index is 13.6. The number of benzene rings is 3. The van der Waals surface area contributed by atoms with Gasteiger partial charge in [0.1, 0.15) is 6.07 Å². The molecule has 1 aliphatic rings. The maximum atomic E-state index is 13.6. The molecular weight excluding hydrogens is 461 g/mol. The second-order valence-electron chi connectivity index (χ2n) is 8.61. The lowest BCUT2D eigenvalue weighted by atomic mass is 9.74. The third-order valence-electron chi connectivity index (χ3n) is 6.34. The highest BCUT2D eigenvalue weighted by Gasteiger charge is 2.34. The van der Waals surface area contributed by atoms with Crippen LogP contribution in [0.5, 0.6) is 0 Å². The van der Waals surface area contributed by atoms with Gasteiger partial charge in [0.2, 0.25) is 0 Å². The summed E-state index contributed by atoms with van der Waals surface area (Å²) in [6, 6.07) is 20.6. The van der Waals surface area contributed by atoms with E-state index in [1.54, 1.807) is 12.1 Å². The Morgan fingerprint density at radius 3 is 2.35 bits per heavy atom. The molecule has 1 aliphatic heterocycles. The Bertz CT molecular complexity index is 1180. The predicted octanol–water partition coefficient (Wildman–Crippen LogP) is 6.74. The van der Waals surface area contributed by atoms with Crippen LogP contribution >= 0.6 is 11.6 Å². The van der Waals surface area contributed by atoms with E-state index in [4.69, 9.17) is 21.6 Å². The molecule has 1 saturated heterocycles. The van der Waals surface area contributed by atoms with Crippen LogP contribution in [0.4, 0.5) is 13.2 Å². The normalized spacial score (nSPS) is 15.6. The number of ether oxygens (including phenoxy) is 1. The summed E-state index contributed by atoms with van der Waals surface area (Å²) in [5.74, 6) is 0. The van der Waals surface area contributed by atoms with Crippen molar-refractivity contribution < 1.29 is 17.9 Å². The standard InChI is InChI=1S/C27H24ClF3N2O/c28-25-15-20(6-7-21(25)16-32)22-12-19(13-24(14-22)27(29,30)31)17-34-18-26(8-10-33-11-9-26)23-4-2-1-3-5-23/h1-7,12-15,33H,8-11,17-18H2. The molecule has 3 aromatic rings. The van der Waals surface area contributed by atoms with Gasteiger partial charge in [0.15, 0.2) is 0 Å². The average Bonchev–Trinajstić information content (AvgIpc) is 2.84. The van der Waals surface area contributed by atoms with Gasteiger partial charge < -0.3 is 10.1 Å². The Labute approximate surface area is 202 Å². The van der Waals surface area contributed by atoms with E-state index in [9.17, 15) is 13.2 Å². The molecule has 176 valence electrons. The summed E-state index contributed by atoms with van der Waals surface area (Å²) in [5.41, 5.74) is 1.86. The van der Waals surface area contributed by atoms with E-state index in [-0.39, 0.29) is 22.6 Å². The van der Waals surface area contributed by atoms with Crippen LogP contribution in [0, 0.1) is 11.3 Å². The summed E-state index contributed by atoms with van der Waals surface area (Å²) in [6.07, 6.45) is -2.70. The first-order valence-corrected chi connectivity index (χ1v) is 11.4. The summed E-state index contributed by atoms with van der Waals surface area (Å²) in [5, 5.41) is 12.6. The van der Waals surface area contributed by atoms with E-state index in [0.29, 0.717) is 23.3 Å². The van der Waals surface area contributed by atoms with Gasteiger partial charge in [-0.2, -0.15) is 18.4 Å². The Hall–Kier alpha value is -2.85. The topological polar surface area (TPSA) is 45.0 Å². The van der Waals surface area contributed by atoms with Crippen LogP contribution < -0.4 is 5.32 Å². The zero-order valence-corrected chi connectivity index (χ0v) is 19.2. The van der Waals surface area contributed by atoms with Crippen molar-refractivity contribution in [2.24, 2.45) is 0 Å². The molecule has 0 saturated carbocycles. The van der Waals surface area contributed by atoms with Crippen LogP contribution in [0.1, 0.15) is 35.1 Å². The number of hydrogen-bond donors (Lipinski definition) is 1. The smallest absolute Gasteiger partial charge is 0.376 e. The van der Waals surface area contributed by atoms with Gasteiger partial charge in [0, 0.05) is 5.41 Å². The molecule has 0 aliphatic carbocycles. The first-order valence-electron chi connectivity index (χ1n) is 11.1. The van der Waals surface area contributed by atoms with E-state index in [0.717, 1.165) is 38.1 Å². The molecule has 0 spiro atoms. The average molecular weight is 485 g/mol. The lowest BCUT2D eigenvalue weighted by Gasteiger charge is -2.38. The van der Waals surface area contributed by atoms with Gasteiger partial charge in [-0.1, -0.05) is 48.0 Å².